The van der Waals surface area contributed by atoms with E-state index in [1.807, 2.05) is 0 Å². The zero-order valence-electron chi connectivity index (χ0n) is 18.1. The highest BCUT2D eigenvalue weighted by molar-refractivity contribution is 5.94. The first-order chi connectivity index (χ1) is 16.3. The van der Waals surface area contributed by atoms with E-state index >= 15 is 0 Å². The van der Waals surface area contributed by atoms with Gasteiger partial charge in [-0.25, -0.2) is 18.9 Å². The number of nitrogens with one attached hydrogen (secondary N) is 2. The van der Waals surface area contributed by atoms with Crippen molar-refractivity contribution in [1.29, 1.82) is 0 Å². The number of carbonyl (C=O) groups is 2. The molecule has 3 atom stereocenters. The number of anilines is 2. The second-order valence-electron chi connectivity index (χ2n) is 7.79. The number of halogens is 3. The smallest absolute Gasteiger partial charge is 0.413 e. The summed E-state index contributed by atoms with van der Waals surface area (Å²) in [5.41, 5.74) is 0.753. The summed E-state index contributed by atoms with van der Waals surface area (Å²) in [7, 11) is 1.53. The lowest BCUT2D eigenvalue weighted by molar-refractivity contribution is -0.117. The third-order valence-electron chi connectivity index (χ3n) is 5.33. The number of nitrogens with zero attached hydrogens (tertiary/aromatic N) is 5. The largest absolute Gasteiger partial charge is 0.441 e. The van der Waals surface area contributed by atoms with E-state index in [0.29, 0.717) is 17.8 Å². The van der Waals surface area contributed by atoms with Gasteiger partial charge >= 0.3 is 6.09 Å². The molecule has 0 spiro atoms. The van der Waals surface area contributed by atoms with Crippen LogP contribution in [0.1, 0.15) is 25.0 Å². The fourth-order valence-electron chi connectivity index (χ4n) is 3.33. The molecular formula is C21H20F3N7O3. The van der Waals surface area contributed by atoms with Gasteiger partial charge < -0.3 is 10.1 Å². The topological polar surface area (TPSA) is 124 Å². The Hall–Kier alpha value is -4.03. The minimum Gasteiger partial charge on any atom is -0.441 e. The minimum absolute atomic E-state index is 0.142. The summed E-state index contributed by atoms with van der Waals surface area (Å²) in [4.78, 5) is 32.0. The van der Waals surface area contributed by atoms with Crippen LogP contribution < -0.4 is 10.6 Å². The van der Waals surface area contributed by atoms with Crippen molar-refractivity contribution < 1.29 is 27.5 Å². The average Bonchev–Trinajstić information content (AvgIpc) is 3.53. The summed E-state index contributed by atoms with van der Waals surface area (Å²) >= 11 is 0. The van der Waals surface area contributed by atoms with E-state index in [4.69, 9.17) is 4.74 Å². The molecule has 1 aliphatic carbocycles. The van der Waals surface area contributed by atoms with E-state index in [1.165, 1.54) is 24.9 Å². The molecule has 3 heterocycles. The average molecular weight is 475 g/mol. The summed E-state index contributed by atoms with van der Waals surface area (Å²) in [6.45, 7) is 0.848. The lowest BCUT2D eigenvalue weighted by Crippen LogP contribution is -2.19. The van der Waals surface area contributed by atoms with Crippen molar-refractivity contribution in [2.24, 2.45) is 18.9 Å². The van der Waals surface area contributed by atoms with Crippen molar-refractivity contribution in [2.75, 3.05) is 17.3 Å². The third-order valence-corrected chi connectivity index (χ3v) is 5.33. The SMILES string of the molecule is C[C@@H](OC(=O)Nc1c(-c2ccc(NC(=O)C3CC3CF)cn2)nnn1C)c1cc(F)cnc1F. The van der Waals surface area contributed by atoms with Crippen LogP contribution >= 0.6 is 0 Å². The number of aromatic nitrogens is 5. The number of carbonyl (C=O) groups excluding carboxylic acids is 2. The molecular weight excluding hydrogens is 455 g/mol. The first-order valence-corrected chi connectivity index (χ1v) is 10.3. The molecule has 1 saturated carbocycles. The molecule has 178 valence electrons. The van der Waals surface area contributed by atoms with Gasteiger partial charge in [-0.05, 0) is 37.5 Å². The molecule has 10 nitrogen and oxygen atoms in total. The van der Waals surface area contributed by atoms with Crippen LogP contribution in [0.4, 0.5) is 29.5 Å². The van der Waals surface area contributed by atoms with Gasteiger partial charge in [-0.15, -0.1) is 5.10 Å². The summed E-state index contributed by atoms with van der Waals surface area (Å²) in [5, 5.41) is 13.0. The molecule has 2 amide bonds. The van der Waals surface area contributed by atoms with Gasteiger partial charge in [-0.3, -0.25) is 19.5 Å². The van der Waals surface area contributed by atoms with Gasteiger partial charge in [0, 0.05) is 13.0 Å². The van der Waals surface area contributed by atoms with Gasteiger partial charge in [0.25, 0.3) is 0 Å². The van der Waals surface area contributed by atoms with Gasteiger partial charge in [-0.2, -0.15) is 4.39 Å². The Morgan fingerprint density at radius 2 is 2.03 bits per heavy atom. The van der Waals surface area contributed by atoms with Crippen molar-refractivity contribution in [3.8, 4) is 11.4 Å². The molecule has 13 heteroatoms. The first kappa shape index (κ1) is 23.1. The Labute approximate surface area is 191 Å². The van der Waals surface area contributed by atoms with Crippen molar-refractivity contribution in [3.05, 3.63) is 47.9 Å². The standard InChI is InChI=1S/C21H20F3N7O3/c1-10(14-6-12(23)8-26-18(14)24)34-21(33)28-19-17(29-30-31(19)2)16-4-3-13(9-25-16)27-20(32)15-5-11(15)7-22/h3-4,6,8-11,15H,5,7H2,1-2H3,(H,27,32)(H,28,33)/t10-,11?,15?/m1/s1. The van der Waals surface area contributed by atoms with Crippen LogP contribution in [-0.2, 0) is 16.6 Å². The normalized spacial score (nSPS) is 17.7. The van der Waals surface area contributed by atoms with Gasteiger partial charge in [0.2, 0.25) is 11.9 Å². The Kier molecular flexibility index (Phi) is 6.43. The lowest BCUT2D eigenvalue weighted by Gasteiger charge is -2.15. The van der Waals surface area contributed by atoms with E-state index in [1.54, 1.807) is 12.1 Å². The second kappa shape index (κ2) is 9.45. The summed E-state index contributed by atoms with van der Waals surface area (Å²) < 4.78 is 46.2. The molecule has 0 saturated heterocycles. The molecule has 0 aromatic carbocycles. The first-order valence-electron chi connectivity index (χ1n) is 10.3. The number of alkyl halides is 1. The maximum atomic E-state index is 13.8. The maximum absolute atomic E-state index is 13.8. The zero-order valence-corrected chi connectivity index (χ0v) is 18.1. The molecule has 34 heavy (non-hydrogen) atoms. The molecule has 3 aromatic rings. The maximum Gasteiger partial charge on any atom is 0.413 e. The van der Waals surface area contributed by atoms with E-state index < -0.39 is 30.6 Å². The van der Waals surface area contributed by atoms with Crippen LogP contribution in [0.25, 0.3) is 11.4 Å². The molecule has 2 N–H and O–H groups in total. The van der Waals surface area contributed by atoms with E-state index in [9.17, 15) is 22.8 Å². The second-order valence-corrected chi connectivity index (χ2v) is 7.79. The molecule has 1 fully saturated rings. The highest BCUT2D eigenvalue weighted by Gasteiger charge is 2.42. The van der Waals surface area contributed by atoms with Crippen LogP contribution in [0.5, 0.6) is 0 Å². The van der Waals surface area contributed by atoms with Gasteiger partial charge in [0.1, 0.15) is 11.9 Å². The van der Waals surface area contributed by atoms with Crippen LogP contribution in [0.2, 0.25) is 0 Å². The number of rotatable bonds is 7. The summed E-state index contributed by atoms with van der Waals surface area (Å²) in [6.07, 6.45) is 0.560. The van der Waals surface area contributed by atoms with Crippen molar-refractivity contribution >= 4 is 23.5 Å². The fourth-order valence-corrected chi connectivity index (χ4v) is 3.33. The number of ether oxygens (including phenoxy) is 1. The van der Waals surface area contributed by atoms with Crippen LogP contribution in [0.3, 0.4) is 0 Å². The summed E-state index contributed by atoms with van der Waals surface area (Å²) in [6, 6.07) is 4.04. The predicted octanol–water partition coefficient (Wildman–Crippen LogP) is 3.40. The monoisotopic (exact) mass is 475 g/mol. The van der Waals surface area contributed by atoms with Gasteiger partial charge in [0.15, 0.2) is 11.5 Å². The summed E-state index contributed by atoms with van der Waals surface area (Å²) in [5.74, 6) is -2.40. The minimum atomic E-state index is -1.13. The highest BCUT2D eigenvalue weighted by atomic mass is 19.1. The molecule has 0 radical (unpaired) electrons. The molecule has 1 aliphatic rings. The molecule has 3 aromatic heterocycles. The Morgan fingerprint density at radius 1 is 1.24 bits per heavy atom. The number of pyridine rings is 2. The number of amides is 2. The fraction of sp³-hybridized carbons (Fsp3) is 0.333. The predicted molar refractivity (Wildman–Crippen MR) is 113 cm³/mol. The molecule has 0 aliphatic heterocycles. The quantitative estimate of drug-likeness (QED) is 0.502. The Bertz CT molecular complexity index is 1220. The Morgan fingerprint density at radius 3 is 2.71 bits per heavy atom. The highest BCUT2D eigenvalue weighted by Crippen LogP contribution is 2.39. The molecule has 0 bridgehead atoms. The number of hydrogen-bond acceptors (Lipinski definition) is 7. The van der Waals surface area contributed by atoms with Crippen molar-refractivity contribution in [2.45, 2.75) is 19.4 Å². The van der Waals surface area contributed by atoms with E-state index in [0.717, 1.165) is 12.3 Å². The van der Waals surface area contributed by atoms with Gasteiger partial charge in [0.05, 0.1) is 36.0 Å². The van der Waals surface area contributed by atoms with Crippen LogP contribution in [0.15, 0.2) is 30.6 Å². The molecule has 2 unspecified atom stereocenters. The van der Waals surface area contributed by atoms with E-state index in [-0.39, 0.29) is 34.8 Å². The number of hydrogen-bond donors (Lipinski definition) is 2. The van der Waals surface area contributed by atoms with E-state index in [2.05, 4.69) is 30.9 Å². The van der Waals surface area contributed by atoms with Crippen LogP contribution in [0, 0.1) is 23.6 Å². The van der Waals surface area contributed by atoms with Crippen LogP contribution in [-0.4, -0.2) is 43.6 Å². The Balaban J connectivity index is 1.43. The zero-order chi connectivity index (χ0) is 24.4. The number of aryl methyl sites for hydroxylation is 1. The third kappa shape index (κ3) is 4.97. The van der Waals surface area contributed by atoms with Gasteiger partial charge in [-0.1, -0.05) is 5.21 Å². The molecule has 4 rings (SSSR count). The van der Waals surface area contributed by atoms with Crippen molar-refractivity contribution in [1.82, 2.24) is 25.0 Å². The van der Waals surface area contributed by atoms with Crippen molar-refractivity contribution in [3.63, 3.8) is 0 Å². The lowest BCUT2D eigenvalue weighted by atomic mass is 10.2.